The molecule has 0 radical (unpaired) electrons. The van der Waals surface area contributed by atoms with Crippen molar-refractivity contribution in [3.63, 3.8) is 0 Å². The fraction of sp³-hybridized carbons (Fsp3) is 0.692. The van der Waals surface area contributed by atoms with Gasteiger partial charge in [0.05, 0.1) is 54.6 Å². The molecule has 1 aliphatic carbocycles. The Kier molecular flexibility index (Phi) is 8.02. The molecule has 5 rings (SSSR count). The molecule has 2 N–H and O–H groups in total. The summed E-state index contributed by atoms with van der Waals surface area (Å²) in [6.07, 6.45) is 2.74. The summed E-state index contributed by atoms with van der Waals surface area (Å²) in [5.74, 6) is -6.96. The summed E-state index contributed by atoms with van der Waals surface area (Å²) >= 11 is 0. The standard InChI is InChI=1S/C26H34F4N8O4/c1-15-20(36-42-35-15)19(16-4-6-26(29,30)7-5-16)17-13-38-22(33-17)34-18(12-32-38)25(21(39)31-14-24(2,27)28)8-10-37(11-9-25)23(40)41-3/h12-13,15-16,19,35H,4-11,14H2,1-3H3,(H,31,39). The molecule has 12 nitrogen and oxygen atoms in total. The number of oxime groups is 1. The van der Waals surface area contributed by atoms with E-state index in [-0.39, 0.29) is 75.0 Å². The summed E-state index contributed by atoms with van der Waals surface area (Å²) in [7, 11) is 1.25. The third-order valence-corrected chi connectivity index (χ3v) is 8.44. The first-order valence-corrected chi connectivity index (χ1v) is 13.9. The molecule has 2 aliphatic heterocycles. The first-order valence-electron chi connectivity index (χ1n) is 13.9. The number of imidazole rings is 1. The van der Waals surface area contributed by atoms with E-state index >= 15 is 0 Å². The van der Waals surface area contributed by atoms with Crippen molar-refractivity contribution in [2.45, 2.75) is 81.6 Å². The Labute approximate surface area is 239 Å². The van der Waals surface area contributed by atoms with Crippen molar-refractivity contribution in [2.24, 2.45) is 11.1 Å². The van der Waals surface area contributed by atoms with E-state index in [0.717, 1.165) is 0 Å². The molecule has 2 atom stereocenters. The summed E-state index contributed by atoms with van der Waals surface area (Å²) in [5, 5.41) is 10.9. The number of alkyl halides is 4. The number of methoxy groups -OCH3 is 1. The highest BCUT2D eigenvalue weighted by Gasteiger charge is 2.47. The zero-order valence-electron chi connectivity index (χ0n) is 23.6. The third kappa shape index (κ3) is 5.99. The van der Waals surface area contributed by atoms with E-state index < -0.39 is 41.7 Å². The highest BCUT2D eigenvalue weighted by Crippen LogP contribution is 2.43. The van der Waals surface area contributed by atoms with Crippen LogP contribution >= 0.6 is 0 Å². The van der Waals surface area contributed by atoms with E-state index in [1.807, 2.05) is 6.92 Å². The number of hydroxylamine groups is 1. The number of aromatic nitrogens is 4. The van der Waals surface area contributed by atoms with Crippen LogP contribution in [0.15, 0.2) is 17.5 Å². The Bertz CT molecular complexity index is 1350. The second-order valence-corrected chi connectivity index (χ2v) is 11.5. The van der Waals surface area contributed by atoms with Crippen LogP contribution in [0, 0.1) is 5.92 Å². The van der Waals surface area contributed by atoms with Crippen LogP contribution in [-0.2, 0) is 19.9 Å². The van der Waals surface area contributed by atoms with Gasteiger partial charge in [-0.1, -0.05) is 5.16 Å². The number of rotatable bonds is 7. The smallest absolute Gasteiger partial charge is 0.409 e. The molecule has 2 aromatic heterocycles. The van der Waals surface area contributed by atoms with Gasteiger partial charge in [0.15, 0.2) is 0 Å². The highest BCUT2D eigenvalue weighted by molar-refractivity contribution is 5.95. The predicted molar refractivity (Wildman–Crippen MR) is 140 cm³/mol. The minimum Gasteiger partial charge on any atom is -0.453 e. The number of piperidine rings is 1. The monoisotopic (exact) mass is 598 g/mol. The predicted octanol–water partition coefficient (Wildman–Crippen LogP) is 3.18. The van der Waals surface area contributed by atoms with Crippen LogP contribution < -0.4 is 10.8 Å². The maximum absolute atomic E-state index is 14.0. The van der Waals surface area contributed by atoms with Crippen molar-refractivity contribution >= 4 is 23.5 Å². The molecule has 2 aromatic rings. The average Bonchev–Trinajstić information content (AvgIpc) is 3.57. The lowest BCUT2D eigenvalue weighted by Gasteiger charge is -2.39. The van der Waals surface area contributed by atoms with Gasteiger partial charge in [-0.25, -0.2) is 36.8 Å². The number of hydrogen-bond donors (Lipinski definition) is 2. The maximum Gasteiger partial charge on any atom is 0.409 e. The van der Waals surface area contributed by atoms with Gasteiger partial charge >= 0.3 is 6.09 Å². The van der Waals surface area contributed by atoms with Gasteiger partial charge in [0.2, 0.25) is 11.8 Å². The first kappa shape index (κ1) is 29.9. The Hall–Kier alpha value is -3.56. The fourth-order valence-corrected chi connectivity index (χ4v) is 6.03. The van der Waals surface area contributed by atoms with Crippen molar-refractivity contribution in [2.75, 3.05) is 26.7 Å². The molecule has 0 spiro atoms. The molecule has 2 amide bonds. The molecule has 3 aliphatic rings. The van der Waals surface area contributed by atoms with Gasteiger partial charge in [0.25, 0.3) is 11.7 Å². The number of fused-ring (bicyclic) bond motifs is 1. The minimum absolute atomic E-state index is 0.0951. The summed E-state index contributed by atoms with van der Waals surface area (Å²) in [4.78, 5) is 41.4. The number of hydrogen-bond acceptors (Lipinski definition) is 9. The molecular formula is C26H34F4N8O4. The second-order valence-electron chi connectivity index (χ2n) is 11.5. The van der Waals surface area contributed by atoms with Gasteiger partial charge in [0.1, 0.15) is 0 Å². The zero-order valence-corrected chi connectivity index (χ0v) is 23.6. The lowest BCUT2D eigenvalue weighted by Crippen LogP contribution is -2.54. The minimum atomic E-state index is -3.13. The number of amides is 2. The Morgan fingerprint density at radius 2 is 1.90 bits per heavy atom. The zero-order chi connectivity index (χ0) is 30.3. The number of nitrogens with one attached hydrogen (secondary N) is 2. The normalized spacial score (nSPS) is 23.3. The van der Waals surface area contributed by atoms with Gasteiger partial charge in [0, 0.05) is 38.8 Å². The Balaban J connectivity index is 1.49. The van der Waals surface area contributed by atoms with Crippen molar-refractivity contribution in [1.82, 2.24) is 35.3 Å². The number of nitrogens with zero attached hydrogens (tertiary/aromatic N) is 6. The number of ether oxygens (including phenoxy) is 1. The number of likely N-dealkylation sites (tertiary alicyclic amines) is 1. The van der Waals surface area contributed by atoms with Gasteiger partial charge in [-0.05, 0) is 38.5 Å². The molecule has 42 heavy (non-hydrogen) atoms. The molecule has 1 saturated heterocycles. The van der Waals surface area contributed by atoms with Gasteiger partial charge in [-0.15, -0.1) is 5.48 Å². The fourth-order valence-electron chi connectivity index (χ4n) is 6.03. The largest absolute Gasteiger partial charge is 0.453 e. The molecular weight excluding hydrogens is 564 g/mol. The van der Waals surface area contributed by atoms with Crippen molar-refractivity contribution in [1.29, 1.82) is 0 Å². The Morgan fingerprint density at radius 1 is 1.21 bits per heavy atom. The molecule has 0 bridgehead atoms. The van der Waals surface area contributed by atoms with Gasteiger partial charge in [-0.3, -0.25) is 9.73 Å². The topological polar surface area (TPSA) is 135 Å². The summed E-state index contributed by atoms with van der Waals surface area (Å²) in [6, 6.07) is -0.276. The average molecular weight is 599 g/mol. The summed E-state index contributed by atoms with van der Waals surface area (Å²) in [5.41, 5.74) is 2.77. The second kappa shape index (κ2) is 11.3. The molecule has 2 fully saturated rings. The number of carbonyl (C=O) groups excluding carboxylic acids is 2. The molecule has 2 unspecified atom stereocenters. The highest BCUT2D eigenvalue weighted by atomic mass is 19.3. The van der Waals surface area contributed by atoms with Gasteiger partial charge < -0.3 is 15.0 Å². The van der Waals surface area contributed by atoms with E-state index in [0.29, 0.717) is 18.3 Å². The maximum atomic E-state index is 14.0. The SMILES string of the molecule is COC(=O)N1CCC(C(=O)NCC(C)(F)F)(c2cnn3cc(C(C4=NONC4C)C4CCC(F)(F)CC4)nc3n2)CC1. The lowest BCUT2D eigenvalue weighted by atomic mass is 9.74. The van der Waals surface area contributed by atoms with Gasteiger partial charge in [-0.2, -0.15) is 5.10 Å². The van der Waals surface area contributed by atoms with Crippen LogP contribution in [0.25, 0.3) is 5.78 Å². The molecule has 0 aromatic carbocycles. The van der Waals surface area contributed by atoms with E-state index in [4.69, 9.17) is 14.7 Å². The summed E-state index contributed by atoms with van der Waals surface area (Å²) < 4.78 is 61.5. The molecule has 4 heterocycles. The molecule has 1 saturated carbocycles. The first-order chi connectivity index (χ1) is 19.8. The molecule has 16 heteroatoms. The number of halogens is 4. The van der Waals surface area contributed by atoms with Crippen LogP contribution in [0.4, 0.5) is 22.4 Å². The van der Waals surface area contributed by atoms with Crippen LogP contribution in [0.2, 0.25) is 0 Å². The third-order valence-electron chi connectivity index (χ3n) is 8.44. The summed E-state index contributed by atoms with van der Waals surface area (Å²) in [6.45, 7) is 1.96. The van der Waals surface area contributed by atoms with Crippen LogP contribution in [0.5, 0.6) is 0 Å². The van der Waals surface area contributed by atoms with Crippen LogP contribution in [0.1, 0.15) is 69.7 Å². The molecule has 230 valence electrons. The van der Waals surface area contributed by atoms with Crippen LogP contribution in [0.3, 0.4) is 0 Å². The number of carbonyl (C=O) groups is 2. The van der Waals surface area contributed by atoms with E-state index in [9.17, 15) is 27.2 Å². The lowest BCUT2D eigenvalue weighted by molar-refractivity contribution is -0.130. The quantitative estimate of drug-likeness (QED) is 0.464. The van der Waals surface area contributed by atoms with Crippen molar-refractivity contribution in [3.05, 3.63) is 23.8 Å². The van der Waals surface area contributed by atoms with E-state index in [1.54, 1.807) is 6.20 Å². The van der Waals surface area contributed by atoms with E-state index in [2.05, 4.69) is 26.0 Å². The Morgan fingerprint density at radius 3 is 2.50 bits per heavy atom. The van der Waals surface area contributed by atoms with Crippen molar-refractivity contribution in [3.8, 4) is 0 Å². The van der Waals surface area contributed by atoms with Crippen molar-refractivity contribution < 1.29 is 36.8 Å². The van der Waals surface area contributed by atoms with Crippen LogP contribution in [-0.4, -0.2) is 86.8 Å². The van der Waals surface area contributed by atoms with E-state index in [1.165, 1.54) is 22.7 Å².